The van der Waals surface area contributed by atoms with Gasteiger partial charge < -0.3 is 20.5 Å². The quantitative estimate of drug-likeness (QED) is 0.423. The van der Waals surface area contributed by atoms with Gasteiger partial charge in [-0.25, -0.2) is 0 Å². The van der Waals surface area contributed by atoms with E-state index >= 15 is 0 Å². The number of hydrogen-bond acceptors (Lipinski definition) is 3. The Balaban J connectivity index is 1.57. The Labute approximate surface area is 207 Å². The summed E-state index contributed by atoms with van der Waals surface area (Å²) >= 11 is 3.49. The maximum Gasteiger partial charge on any atom is 0.256 e. The zero-order valence-corrected chi connectivity index (χ0v) is 21.0. The minimum atomic E-state index is -0.172. The molecule has 3 heterocycles. The summed E-state index contributed by atoms with van der Waals surface area (Å²) in [6.07, 6.45) is 1.82. The highest BCUT2D eigenvalue weighted by molar-refractivity contribution is 9.10. The molecule has 3 N–H and O–H groups in total. The fourth-order valence-corrected chi connectivity index (χ4v) is 5.23. The predicted molar refractivity (Wildman–Crippen MR) is 140 cm³/mol. The van der Waals surface area contributed by atoms with E-state index in [-0.39, 0.29) is 23.9 Å². The monoisotopic (exact) mass is 518 g/mol. The number of aromatic nitrogens is 1. The third-order valence-corrected chi connectivity index (χ3v) is 6.86. The average Bonchev–Trinajstić information content (AvgIpc) is 3.32. The number of aryl methyl sites for hydroxylation is 1. The van der Waals surface area contributed by atoms with Crippen LogP contribution in [0.25, 0.3) is 22.8 Å². The second kappa shape index (κ2) is 8.89. The molecule has 1 fully saturated rings. The number of hydrogen-bond donors (Lipinski definition) is 3. The number of halogens is 1. The second-order valence-corrected chi connectivity index (χ2v) is 10.1. The van der Waals surface area contributed by atoms with Crippen molar-refractivity contribution in [1.29, 1.82) is 0 Å². The van der Waals surface area contributed by atoms with Crippen LogP contribution in [0.15, 0.2) is 53.0 Å². The Kier molecular flexibility index (Phi) is 5.91. The van der Waals surface area contributed by atoms with E-state index in [1.54, 1.807) is 0 Å². The topological polar surface area (TPSA) is 77.2 Å². The summed E-state index contributed by atoms with van der Waals surface area (Å²) in [5.41, 5.74) is 6.29. The number of fused-ring (bicyclic) bond motifs is 1. The lowest BCUT2D eigenvalue weighted by molar-refractivity contribution is -0.110. The van der Waals surface area contributed by atoms with Gasteiger partial charge in [0, 0.05) is 46.6 Å². The number of benzene rings is 2. The van der Waals surface area contributed by atoms with Gasteiger partial charge in [0.2, 0.25) is 0 Å². The maximum absolute atomic E-state index is 13.5. The fraction of sp³-hybridized carbons (Fsp3) is 0.259. The first-order valence-electron chi connectivity index (χ1n) is 11.5. The highest BCUT2D eigenvalue weighted by Gasteiger charge is 2.30. The van der Waals surface area contributed by atoms with Crippen molar-refractivity contribution in [2.75, 3.05) is 18.4 Å². The zero-order chi connectivity index (χ0) is 24.0. The molecule has 0 radical (unpaired) electrons. The standard InChI is InChI=1S/C27H27BrN4O2/c1-15-11-21(27(34)32-13-16(2)29-17(3)14-32)24(30-15)12-22-25-20(18-7-9-19(28)10-8-18)5-4-6-23(25)31-26(22)33/h4-12,16-17,29-30H,13-14H2,1-3H3,(H,31,33)/b22-12-/t16-,17+. The number of amides is 2. The first-order valence-corrected chi connectivity index (χ1v) is 12.3. The molecule has 2 amide bonds. The Morgan fingerprint density at radius 3 is 2.50 bits per heavy atom. The van der Waals surface area contributed by atoms with E-state index in [0.717, 1.165) is 32.5 Å². The van der Waals surface area contributed by atoms with Crippen LogP contribution in [0.2, 0.25) is 0 Å². The summed E-state index contributed by atoms with van der Waals surface area (Å²) in [6, 6.07) is 16.2. The van der Waals surface area contributed by atoms with Crippen LogP contribution < -0.4 is 10.6 Å². The van der Waals surface area contributed by atoms with Crippen LogP contribution in [0.5, 0.6) is 0 Å². The molecule has 5 rings (SSSR count). The fourth-order valence-electron chi connectivity index (χ4n) is 4.97. The Bertz CT molecular complexity index is 1300. The largest absolute Gasteiger partial charge is 0.358 e. The van der Waals surface area contributed by atoms with E-state index in [4.69, 9.17) is 0 Å². The molecular formula is C27H27BrN4O2. The first-order chi connectivity index (χ1) is 16.3. The van der Waals surface area contributed by atoms with E-state index in [9.17, 15) is 9.59 Å². The summed E-state index contributed by atoms with van der Waals surface area (Å²) in [5, 5.41) is 6.45. The summed E-state index contributed by atoms with van der Waals surface area (Å²) in [4.78, 5) is 31.7. The molecular weight excluding hydrogens is 492 g/mol. The van der Waals surface area contributed by atoms with E-state index in [1.807, 2.05) is 66.4 Å². The van der Waals surface area contributed by atoms with E-state index in [2.05, 4.69) is 45.4 Å². The number of piperazine rings is 1. The summed E-state index contributed by atoms with van der Waals surface area (Å²) < 4.78 is 0.996. The SMILES string of the molecule is Cc1cc(C(=O)N2C[C@@H](C)N[C@@H](C)C2)c(/C=C2\C(=O)Nc3cccc(-c4ccc(Br)cc4)c32)[nH]1. The van der Waals surface area contributed by atoms with Crippen molar-refractivity contribution in [2.45, 2.75) is 32.9 Å². The highest BCUT2D eigenvalue weighted by Crippen LogP contribution is 2.41. The van der Waals surface area contributed by atoms with Gasteiger partial charge >= 0.3 is 0 Å². The molecule has 2 aromatic carbocycles. The van der Waals surface area contributed by atoms with Gasteiger partial charge in [-0.1, -0.05) is 40.2 Å². The van der Waals surface area contributed by atoms with Crippen LogP contribution >= 0.6 is 15.9 Å². The molecule has 34 heavy (non-hydrogen) atoms. The molecule has 0 bridgehead atoms. The Morgan fingerprint density at radius 1 is 1.09 bits per heavy atom. The summed E-state index contributed by atoms with van der Waals surface area (Å²) in [7, 11) is 0. The molecule has 2 aliphatic heterocycles. The van der Waals surface area contributed by atoms with E-state index in [1.165, 1.54) is 0 Å². The molecule has 1 aromatic heterocycles. The molecule has 1 saturated heterocycles. The lowest BCUT2D eigenvalue weighted by Crippen LogP contribution is -2.55. The maximum atomic E-state index is 13.5. The zero-order valence-electron chi connectivity index (χ0n) is 19.4. The van der Waals surface area contributed by atoms with Gasteiger partial charge in [-0.15, -0.1) is 0 Å². The van der Waals surface area contributed by atoms with Crippen molar-refractivity contribution in [3.8, 4) is 11.1 Å². The van der Waals surface area contributed by atoms with Gasteiger partial charge in [0.05, 0.1) is 16.8 Å². The lowest BCUT2D eigenvalue weighted by atomic mass is 9.94. The number of H-pyrrole nitrogens is 1. The minimum absolute atomic E-state index is 0.0174. The van der Waals surface area contributed by atoms with Crippen LogP contribution in [-0.2, 0) is 4.79 Å². The predicted octanol–water partition coefficient (Wildman–Crippen LogP) is 5.07. The summed E-state index contributed by atoms with van der Waals surface area (Å²) in [5.74, 6) is -0.189. The second-order valence-electron chi connectivity index (χ2n) is 9.21. The molecule has 2 atom stereocenters. The van der Waals surface area contributed by atoms with Gasteiger partial charge in [-0.2, -0.15) is 0 Å². The van der Waals surface area contributed by atoms with Gasteiger partial charge in [-0.05, 0) is 62.2 Å². The third kappa shape index (κ3) is 4.21. The number of anilines is 1. The number of nitrogens with zero attached hydrogens (tertiary/aromatic N) is 1. The summed E-state index contributed by atoms with van der Waals surface area (Å²) in [6.45, 7) is 7.41. The molecule has 0 saturated carbocycles. The van der Waals surface area contributed by atoms with Crippen molar-refractivity contribution in [2.24, 2.45) is 0 Å². The van der Waals surface area contributed by atoms with Crippen molar-refractivity contribution >= 4 is 45.1 Å². The van der Waals surface area contributed by atoms with Crippen molar-refractivity contribution in [3.63, 3.8) is 0 Å². The van der Waals surface area contributed by atoms with Crippen LogP contribution in [-0.4, -0.2) is 46.9 Å². The number of rotatable bonds is 3. The van der Waals surface area contributed by atoms with Crippen molar-refractivity contribution < 1.29 is 9.59 Å². The molecule has 0 unspecified atom stereocenters. The van der Waals surface area contributed by atoms with E-state index < -0.39 is 0 Å². The molecule has 2 aliphatic rings. The number of nitrogens with one attached hydrogen (secondary N) is 3. The molecule has 3 aromatic rings. The van der Waals surface area contributed by atoms with Gasteiger partial charge in [-0.3, -0.25) is 9.59 Å². The molecule has 174 valence electrons. The molecule has 0 aliphatic carbocycles. The molecule has 0 spiro atoms. The Hall–Kier alpha value is -3.16. The molecule has 6 nitrogen and oxygen atoms in total. The highest BCUT2D eigenvalue weighted by atomic mass is 79.9. The van der Waals surface area contributed by atoms with Gasteiger partial charge in [0.1, 0.15) is 0 Å². The van der Waals surface area contributed by atoms with Crippen LogP contribution in [0.1, 0.15) is 41.2 Å². The smallest absolute Gasteiger partial charge is 0.256 e. The van der Waals surface area contributed by atoms with E-state index in [0.29, 0.717) is 29.9 Å². The number of aromatic amines is 1. The van der Waals surface area contributed by atoms with Gasteiger partial charge in [0.25, 0.3) is 11.8 Å². The van der Waals surface area contributed by atoms with Crippen molar-refractivity contribution in [1.82, 2.24) is 15.2 Å². The third-order valence-electron chi connectivity index (χ3n) is 6.33. The minimum Gasteiger partial charge on any atom is -0.358 e. The van der Waals surface area contributed by atoms with Crippen LogP contribution in [0.3, 0.4) is 0 Å². The Morgan fingerprint density at radius 2 is 1.79 bits per heavy atom. The average molecular weight is 519 g/mol. The van der Waals surface area contributed by atoms with Gasteiger partial charge in [0.15, 0.2) is 0 Å². The number of carbonyl (C=O) groups excluding carboxylic acids is 2. The lowest BCUT2D eigenvalue weighted by Gasteiger charge is -2.36. The van der Waals surface area contributed by atoms with Crippen LogP contribution in [0.4, 0.5) is 5.69 Å². The number of carbonyl (C=O) groups is 2. The molecule has 7 heteroatoms. The first kappa shape index (κ1) is 22.6. The normalized spacial score (nSPS) is 21.0. The van der Waals surface area contributed by atoms with Crippen molar-refractivity contribution in [3.05, 3.63) is 75.5 Å². The van der Waals surface area contributed by atoms with Crippen LogP contribution in [0, 0.1) is 6.92 Å².